The quantitative estimate of drug-likeness (QED) is 0.550. The summed E-state index contributed by atoms with van der Waals surface area (Å²) < 4.78 is 0. The zero-order valence-electron chi connectivity index (χ0n) is 7.88. The van der Waals surface area contributed by atoms with E-state index in [1.165, 1.54) is 13.0 Å². The van der Waals surface area contributed by atoms with E-state index in [0.717, 1.165) is 18.5 Å². The highest BCUT2D eigenvalue weighted by atomic mass is 15.2. The van der Waals surface area contributed by atoms with E-state index in [1.807, 2.05) is 0 Å². The first kappa shape index (κ1) is 8.79. The summed E-state index contributed by atoms with van der Waals surface area (Å²) >= 11 is 0. The van der Waals surface area contributed by atoms with Crippen molar-refractivity contribution in [1.82, 2.24) is 4.90 Å². The summed E-state index contributed by atoms with van der Waals surface area (Å²) in [6.07, 6.45) is 5.75. The average molecular weight is 153 g/mol. The van der Waals surface area contributed by atoms with Gasteiger partial charge in [0.15, 0.2) is 0 Å². The fourth-order valence-electron chi connectivity index (χ4n) is 1.67. The van der Waals surface area contributed by atoms with Gasteiger partial charge in [0.25, 0.3) is 0 Å². The molecule has 64 valence electrons. The van der Waals surface area contributed by atoms with Gasteiger partial charge in [-0.05, 0) is 32.7 Å². The molecule has 11 heavy (non-hydrogen) atoms. The summed E-state index contributed by atoms with van der Waals surface area (Å²) in [7, 11) is 0. The lowest BCUT2D eigenvalue weighted by Crippen LogP contribution is -2.29. The molecule has 0 bridgehead atoms. The van der Waals surface area contributed by atoms with Crippen LogP contribution >= 0.6 is 0 Å². The molecule has 1 heteroatoms. The molecule has 0 aliphatic carbocycles. The predicted octanol–water partition coefficient (Wildman–Crippen LogP) is 2.29. The van der Waals surface area contributed by atoms with E-state index in [4.69, 9.17) is 0 Å². The Morgan fingerprint density at radius 1 is 1.45 bits per heavy atom. The third kappa shape index (κ3) is 2.06. The van der Waals surface area contributed by atoms with Gasteiger partial charge in [0.2, 0.25) is 0 Å². The molecule has 1 aliphatic heterocycles. The second-order valence-electron chi connectivity index (χ2n) is 3.57. The molecule has 2 unspecified atom stereocenters. The predicted molar refractivity (Wildman–Crippen MR) is 49.6 cm³/mol. The summed E-state index contributed by atoms with van der Waals surface area (Å²) in [5.74, 6) is 0.889. The van der Waals surface area contributed by atoms with Gasteiger partial charge in [0.1, 0.15) is 0 Å². The number of hydrogen-bond acceptors (Lipinski definition) is 1. The Labute approximate surface area is 70.1 Å². The largest absolute Gasteiger partial charge is 0.297 e. The molecular weight excluding hydrogens is 134 g/mol. The average Bonchev–Trinajstić information content (AvgIpc) is 2.31. The van der Waals surface area contributed by atoms with Crippen LogP contribution in [0.3, 0.4) is 0 Å². The van der Waals surface area contributed by atoms with Crippen molar-refractivity contribution < 1.29 is 0 Å². The third-order valence-electron chi connectivity index (χ3n) is 2.85. The normalized spacial score (nSPS) is 33.7. The zero-order valence-corrected chi connectivity index (χ0v) is 7.88. The van der Waals surface area contributed by atoms with Crippen LogP contribution in [0.15, 0.2) is 12.2 Å². The van der Waals surface area contributed by atoms with E-state index < -0.39 is 0 Å². The summed E-state index contributed by atoms with van der Waals surface area (Å²) in [6, 6.07) is 0.784. The van der Waals surface area contributed by atoms with Crippen molar-refractivity contribution >= 4 is 0 Å². The Morgan fingerprint density at radius 3 is 2.64 bits per heavy atom. The van der Waals surface area contributed by atoms with E-state index in [2.05, 4.69) is 37.8 Å². The molecule has 1 heterocycles. The molecule has 1 fully saturated rings. The summed E-state index contributed by atoms with van der Waals surface area (Å²) in [5.41, 5.74) is 0. The van der Waals surface area contributed by atoms with Crippen molar-refractivity contribution in [2.75, 3.05) is 13.1 Å². The van der Waals surface area contributed by atoms with E-state index in [1.54, 1.807) is 0 Å². The fourth-order valence-corrected chi connectivity index (χ4v) is 1.67. The maximum absolute atomic E-state index is 2.55. The third-order valence-corrected chi connectivity index (χ3v) is 2.85. The fraction of sp³-hybridized carbons (Fsp3) is 0.800. The van der Waals surface area contributed by atoms with Crippen LogP contribution in [0.5, 0.6) is 0 Å². The van der Waals surface area contributed by atoms with Crippen molar-refractivity contribution in [1.29, 1.82) is 0 Å². The number of hydrogen-bond donors (Lipinski definition) is 0. The summed E-state index contributed by atoms with van der Waals surface area (Å²) in [5, 5.41) is 0. The molecule has 0 spiro atoms. The lowest BCUT2D eigenvalue weighted by Gasteiger charge is -2.20. The van der Waals surface area contributed by atoms with Gasteiger partial charge in [-0.1, -0.05) is 19.1 Å². The monoisotopic (exact) mass is 153 g/mol. The molecule has 0 radical (unpaired) electrons. The van der Waals surface area contributed by atoms with Gasteiger partial charge in [-0.2, -0.15) is 0 Å². The van der Waals surface area contributed by atoms with Gasteiger partial charge in [0.05, 0.1) is 0 Å². The Morgan fingerprint density at radius 2 is 2.18 bits per heavy atom. The highest BCUT2D eigenvalue weighted by Crippen LogP contribution is 2.22. The van der Waals surface area contributed by atoms with Gasteiger partial charge < -0.3 is 0 Å². The van der Waals surface area contributed by atoms with Crippen LogP contribution in [-0.2, 0) is 0 Å². The zero-order chi connectivity index (χ0) is 8.27. The SMILES string of the molecule is C/C=C/CN1CCC(C)C1C. The number of nitrogens with zero attached hydrogens (tertiary/aromatic N) is 1. The van der Waals surface area contributed by atoms with Crippen LogP contribution < -0.4 is 0 Å². The van der Waals surface area contributed by atoms with Gasteiger partial charge >= 0.3 is 0 Å². The topological polar surface area (TPSA) is 3.24 Å². The maximum atomic E-state index is 2.55. The smallest absolute Gasteiger partial charge is 0.0166 e. The molecule has 1 saturated heterocycles. The molecule has 2 atom stereocenters. The lowest BCUT2D eigenvalue weighted by molar-refractivity contribution is 0.273. The van der Waals surface area contributed by atoms with E-state index in [-0.39, 0.29) is 0 Å². The standard InChI is InChI=1S/C10H19N/c1-4-5-7-11-8-6-9(2)10(11)3/h4-5,9-10H,6-8H2,1-3H3/b5-4+. The first-order valence-corrected chi connectivity index (χ1v) is 4.61. The van der Waals surface area contributed by atoms with Gasteiger partial charge in [0, 0.05) is 12.6 Å². The molecule has 1 aliphatic rings. The maximum Gasteiger partial charge on any atom is 0.0166 e. The molecule has 1 rings (SSSR count). The van der Waals surface area contributed by atoms with Crippen molar-refractivity contribution in [3.8, 4) is 0 Å². The van der Waals surface area contributed by atoms with Crippen molar-refractivity contribution in [2.45, 2.75) is 33.2 Å². The molecule has 0 aromatic heterocycles. The van der Waals surface area contributed by atoms with Crippen LogP contribution in [0.25, 0.3) is 0 Å². The van der Waals surface area contributed by atoms with E-state index in [0.29, 0.717) is 0 Å². The molecule has 0 aromatic rings. The summed E-state index contributed by atoms with van der Waals surface area (Å²) in [6.45, 7) is 9.19. The number of allylic oxidation sites excluding steroid dienone is 1. The Hall–Kier alpha value is -0.300. The second kappa shape index (κ2) is 3.91. The van der Waals surface area contributed by atoms with Crippen LogP contribution in [0.4, 0.5) is 0 Å². The summed E-state index contributed by atoms with van der Waals surface area (Å²) in [4.78, 5) is 2.55. The minimum Gasteiger partial charge on any atom is -0.297 e. The molecule has 0 amide bonds. The molecule has 1 nitrogen and oxygen atoms in total. The molecule has 0 N–H and O–H groups in total. The first-order chi connectivity index (χ1) is 5.25. The first-order valence-electron chi connectivity index (χ1n) is 4.61. The Balaban J connectivity index is 2.36. The van der Waals surface area contributed by atoms with Crippen LogP contribution in [0.2, 0.25) is 0 Å². The number of likely N-dealkylation sites (tertiary alicyclic amines) is 1. The Bertz CT molecular complexity index is 140. The lowest BCUT2D eigenvalue weighted by atomic mass is 10.1. The van der Waals surface area contributed by atoms with Gasteiger partial charge in [-0.15, -0.1) is 0 Å². The van der Waals surface area contributed by atoms with Crippen LogP contribution in [0.1, 0.15) is 27.2 Å². The van der Waals surface area contributed by atoms with Gasteiger partial charge in [-0.25, -0.2) is 0 Å². The molecule has 0 aromatic carbocycles. The molecule has 0 saturated carbocycles. The van der Waals surface area contributed by atoms with Crippen molar-refractivity contribution in [3.63, 3.8) is 0 Å². The highest BCUT2D eigenvalue weighted by molar-refractivity contribution is 4.88. The van der Waals surface area contributed by atoms with Crippen LogP contribution in [0, 0.1) is 5.92 Å². The van der Waals surface area contributed by atoms with Gasteiger partial charge in [-0.3, -0.25) is 4.90 Å². The minimum atomic E-state index is 0.784. The van der Waals surface area contributed by atoms with Crippen LogP contribution in [-0.4, -0.2) is 24.0 Å². The van der Waals surface area contributed by atoms with E-state index in [9.17, 15) is 0 Å². The minimum absolute atomic E-state index is 0.784. The highest BCUT2D eigenvalue weighted by Gasteiger charge is 2.25. The second-order valence-corrected chi connectivity index (χ2v) is 3.57. The van der Waals surface area contributed by atoms with Crippen molar-refractivity contribution in [3.05, 3.63) is 12.2 Å². The molecular formula is C10H19N. The Kier molecular flexibility index (Phi) is 3.13. The van der Waals surface area contributed by atoms with E-state index >= 15 is 0 Å². The van der Waals surface area contributed by atoms with Crippen molar-refractivity contribution in [2.24, 2.45) is 5.92 Å². The number of rotatable bonds is 2.